The Kier molecular flexibility index (Phi) is 13.2. The van der Waals surface area contributed by atoms with Crippen LogP contribution in [0.2, 0.25) is 0 Å². The SMILES string of the molecule is NC(=O)CNC(=O)[C@@H]1C[C@@H](O)CN1C(=O)[C@@H]1CCCN1C(=O)[C@H](CCCN=C(N)N)NC(=O)[C@H](N)CCCN=C(N)N. The molecule has 18 nitrogen and oxygen atoms in total. The first kappa shape index (κ1) is 34.0. The normalized spacial score (nSPS) is 21.2. The highest BCUT2D eigenvalue weighted by Crippen LogP contribution is 2.26. The minimum Gasteiger partial charge on any atom is -0.391 e. The summed E-state index contributed by atoms with van der Waals surface area (Å²) in [5.74, 6) is -3.14. The lowest BCUT2D eigenvalue weighted by Crippen LogP contribution is -2.57. The summed E-state index contributed by atoms with van der Waals surface area (Å²) in [5.41, 5.74) is 32.5. The average molecular weight is 597 g/mol. The highest BCUT2D eigenvalue weighted by Gasteiger charge is 2.45. The molecule has 0 aromatic rings. The maximum absolute atomic E-state index is 13.7. The third-order valence-electron chi connectivity index (χ3n) is 6.99. The van der Waals surface area contributed by atoms with Gasteiger partial charge in [0.05, 0.1) is 18.7 Å². The number of hydrogen-bond acceptors (Lipinski definition) is 9. The van der Waals surface area contributed by atoms with Crippen molar-refractivity contribution in [3.63, 3.8) is 0 Å². The van der Waals surface area contributed by atoms with Crippen LogP contribution in [0.3, 0.4) is 0 Å². The lowest BCUT2D eigenvalue weighted by atomic mass is 10.1. The molecule has 0 aromatic carbocycles. The molecule has 2 rings (SSSR count). The minimum atomic E-state index is -1.03. The fourth-order valence-electron chi connectivity index (χ4n) is 4.97. The number of nitrogens with one attached hydrogen (secondary N) is 2. The Labute approximate surface area is 243 Å². The van der Waals surface area contributed by atoms with Crippen molar-refractivity contribution < 1.29 is 29.1 Å². The molecule has 236 valence electrons. The molecule has 0 unspecified atom stereocenters. The van der Waals surface area contributed by atoms with Crippen LogP contribution in [0.5, 0.6) is 0 Å². The molecule has 5 amide bonds. The van der Waals surface area contributed by atoms with Crippen LogP contribution < -0.4 is 45.0 Å². The van der Waals surface area contributed by atoms with Crippen LogP contribution in [0, 0.1) is 0 Å². The van der Waals surface area contributed by atoms with Crippen molar-refractivity contribution in [1.29, 1.82) is 0 Å². The first-order valence-corrected chi connectivity index (χ1v) is 13.8. The number of guanidine groups is 2. The van der Waals surface area contributed by atoms with Crippen LogP contribution >= 0.6 is 0 Å². The number of aliphatic hydroxyl groups is 1. The number of aliphatic hydroxyl groups excluding tert-OH is 1. The number of nitrogens with two attached hydrogens (primary N) is 6. The number of carbonyl (C=O) groups excluding carboxylic acids is 5. The Balaban J connectivity index is 2.15. The van der Waals surface area contributed by atoms with Gasteiger partial charge in [-0.3, -0.25) is 34.0 Å². The summed E-state index contributed by atoms with van der Waals surface area (Å²) >= 11 is 0. The van der Waals surface area contributed by atoms with Gasteiger partial charge in [-0.05, 0) is 38.5 Å². The Bertz CT molecular complexity index is 1040. The first-order valence-electron chi connectivity index (χ1n) is 13.8. The van der Waals surface area contributed by atoms with Gasteiger partial charge >= 0.3 is 0 Å². The fraction of sp³-hybridized carbons (Fsp3) is 0.708. The van der Waals surface area contributed by atoms with Gasteiger partial charge in [-0.25, -0.2) is 0 Å². The number of β-amino-alcohol motifs (C(OH)–C–C–N with tert-alkyl or cyclic N) is 1. The molecule has 0 aliphatic carbocycles. The summed E-state index contributed by atoms with van der Waals surface area (Å²) in [6.45, 7) is 0.213. The lowest BCUT2D eigenvalue weighted by molar-refractivity contribution is -0.148. The monoisotopic (exact) mass is 596 g/mol. The largest absolute Gasteiger partial charge is 0.391 e. The van der Waals surface area contributed by atoms with Gasteiger partial charge in [-0.1, -0.05) is 0 Å². The zero-order valence-corrected chi connectivity index (χ0v) is 23.6. The van der Waals surface area contributed by atoms with Gasteiger partial charge in [0.25, 0.3) is 0 Å². The molecule has 0 radical (unpaired) electrons. The standard InChI is InChI=1S/C24H44N12O6/c25-14(4-1-7-31-23(27)28)19(39)34-15(5-2-8-32-24(29)30)21(41)35-9-3-6-16(35)22(42)36-12-13(37)10-17(36)20(40)33-11-18(26)38/h13-17,37H,1-12,25H2,(H2,26,38)(H,33,40)(H,34,39)(H4,27,28,31)(H4,29,30,32)/t13-,14-,15+,16+,17+/m1/s1. The molecular weight excluding hydrogens is 552 g/mol. The van der Waals surface area contributed by atoms with Gasteiger partial charge in [0, 0.05) is 32.6 Å². The number of carbonyl (C=O) groups is 5. The second kappa shape index (κ2) is 16.3. The van der Waals surface area contributed by atoms with Gasteiger partial charge in [0.15, 0.2) is 11.9 Å². The van der Waals surface area contributed by atoms with E-state index in [4.69, 9.17) is 34.4 Å². The molecule has 2 fully saturated rings. The van der Waals surface area contributed by atoms with Gasteiger partial charge in [0.1, 0.15) is 18.1 Å². The molecule has 42 heavy (non-hydrogen) atoms. The van der Waals surface area contributed by atoms with Gasteiger partial charge in [-0.15, -0.1) is 0 Å². The Morgan fingerprint density at radius 3 is 2.12 bits per heavy atom. The highest BCUT2D eigenvalue weighted by molar-refractivity contribution is 5.96. The molecule has 0 aromatic heterocycles. The highest BCUT2D eigenvalue weighted by atomic mass is 16.3. The van der Waals surface area contributed by atoms with Crippen molar-refractivity contribution in [1.82, 2.24) is 20.4 Å². The predicted molar refractivity (Wildman–Crippen MR) is 153 cm³/mol. The third kappa shape index (κ3) is 10.3. The summed E-state index contributed by atoms with van der Waals surface area (Å²) in [6, 6.07) is -3.91. The van der Waals surface area contributed by atoms with E-state index in [1.807, 2.05) is 0 Å². The fourth-order valence-corrected chi connectivity index (χ4v) is 4.97. The molecule has 2 heterocycles. The van der Waals surface area contributed by atoms with Crippen molar-refractivity contribution >= 4 is 41.5 Å². The van der Waals surface area contributed by atoms with E-state index in [9.17, 15) is 29.1 Å². The number of amides is 5. The lowest BCUT2D eigenvalue weighted by Gasteiger charge is -2.33. The summed E-state index contributed by atoms with van der Waals surface area (Å²) in [7, 11) is 0. The Morgan fingerprint density at radius 1 is 0.905 bits per heavy atom. The van der Waals surface area contributed by atoms with Crippen LogP contribution in [0.1, 0.15) is 44.9 Å². The predicted octanol–water partition coefficient (Wildman–Crippen LogP) is -5.54. The maximum atomic E-state index is 13.7. The van der Waals surface area contributed by atoms with Crippen LogP contribution in [0.25, 0.3) is 0 Å². The van der Waals surface area contributed by atoms with Crippen molar-refractivity contribution in [2.24, 2.45) is 44.4 Å². The van der Waals surface area contributed by atoms with E-state index in [1.54, 1.807) is 0 Å². The van der Waals surface area contributed by atoms with Crippen LogP contribution in [-0.4, -0.2) is 119 Å². The molecule has 0 bridgehead atoms. The quantitative estimate of drug-likeness (QED) is 0.0487. The van der Waals surface area contributed by atoms with Gasteiger partial charge in [-0.2, -0.15) is 0 Å². The number of hydrogen-bond donors (Lipinski definition) is 9. The topological polar surface area (TPSA) is 317 Å². The van der Waals surface area contributed by atoms with Crippen molar-refractivity contribution in [2.45, 2.75) is 75.2 Å². The summed E-state index contributed by atoms with van der Waals surface area (Å²) in [6.07, 6.45) is 1.07. The zero-order chi connectivity index (χ0) is 31.4. The maximum Gasteiger partial charge on any atom is 0.246 e. The molecule has 0 saturated carbocycles. The third-order valence-corrected chi connectivity index (χ3v) is 6.99. The number of rotatable bonds is 15. The van der Waals surface area contributed by atoms with Gasteiger partial charge in [0.2, 0.25) is 29.5 Å². The molecular formula is C24H44N12O6. The van der Waals surface area contributed by atoms with E-state index in [0.717, 1.165) is 0 Å². The molecule has 18 heteroatoms. The molecule has 2 aliphatic heterocycles. The van der Waals surface area contributed by atoms with E-state index < -0.39 is 66.4 Å². The van der Waals surface area contributed by atoms with E-state index in [0.29, 0.717) is 25.7 Å². The minimum absolute atomic E-state index is 0.0262. The average Bonchev–Trinajstić information content (AvgIpc) is 3.57. The Hall–Kier alpha value is -4.19. The number of aliphatic imine (C=N–C) groups is 2. The van der Waals surface area contributed by atoms with Gasteiger partial charge < -0.3 is 59.9 Å². The number of likely N-dealkylation sites (tertiary alicyclic amines) is 2. The number of nitrogens with zero attached hydrogens (tertiary/aromatic N) is 4. The van der Waals surface area contributed by atoms with Crippen LogP contribution in [0.15, 0.2) is 9.98 Å². The second-order valence-electron chi connectivity index (χ2n) is 10.3. The molecule has 2 saturated heterocycles. The second-order valence-corrected chi connectivity index (χ2v) is 10.3. The summed E-state index contributed by atoms with van der Waals surface area (Å²) < 4.78 is 0. The van der Waals surface area contributed by atoms with Crippen molar-refractivity contribution in [3.8, 4) is 0 Å². The van der Waals surface area contributed by atoms with Crippen molar-refractivity contribution in [3.05, 3.63) is 0 Å². The zero-order valence-electron chi connectivity index (χ0n) is 23.6. The van der Waals surface area contributed by atoms with Crippen LogP contribution in [0.4, 0.5) is 0 Å². The summed E-state index contributed by atoms with van der Waals surface area (Å²) in [5, 5.41) is 15.3. The molecule has 5 atom stereocenters. The molecule has 0 spiro atoms. The molecule has 2 aliphatic rings. The van der Waals surface area contributed by atoms with E-state index >= 15 is 0 Å². The Morgan fingerprint density at radius 2 is 1.52 bits per heavy atom. The van der Waals surface area contributed by atoms with E-state index in [2.05, 4.69) is 20.6 Å². The van der Waals surface area contributed by atoms with E-state index in [-0.39, 0.29) is 57.4 Å². The summed E-state index contributed by atoms with van der Waals surface area (Å²) in [4.78, 5) is 74.3. The smallest absolute Gasteiger partial charge is 0.246 e. The van der Waals surface area contributed by atoms with Crippen LogP contribution in [-0.2, 0) is 24.0 Å². The number of primary amides is 1. The van der Waals surface area contributed by atoms with E-state index in [1.165, 1.54) is 9.80 Å². The molecule has 15 N–H and O–H groups in total. The first-order chi connectivity index (χ1) is 19.8. The van der Waals surface area contributed by atoms with Crippen molar-refractivity contribution in [2.75, 3.05) is 32.7 Å².